The van der Waals surface area contributed by atoms with Crippen LogP contribution in [0.3, 0.4) is 0 Å². The Balaban J connectivity index is 1.43. The molecule has 0 bridgehead atoms. The van der Waals surface area contributed by atoms with Crippen molar-refractivity contribution in [2.45, 2.75) is 25.8 Å². The van der Waals surface area contributed by atoms with E-state index >= 15 is 0 Å². The lowest BCUT2D eigenvalue weighted by molar-refractivity contribution is -0.122. The van der Waals surface area contributed by atoms with E-state index in [1.165, 1.54) is 11.1 Å². The van der Waals surface area contributed by atoms with E-state index in [0.29, 0.717) is 5.91 Å². The smallest absolute Gasteiger partial charge is 0.231 e. The fraction of sp³-hybridized carbons (Fsp3) is 0.381. The number of benzene rings is 2. The van der Waals surface area contributed by atoms with Gasteiger partial charge in [0, 0.05) is 25.3 Å². The molecule has 0 spiro atoms. The third-order valence-corrected chi connectivity index (χ3v) is 5.25. The fourth-order valence-electron chi connectivity index (χ4n) is 4.00. The Morgan fingerprint density at radius 3 is 2.67 bits per heavy atom. The van der Waals surface area contributed by atoms with E-state index in [4.69, 9.17) is 0 Å². The summed E-state index contributed by atoms with van der Waals surface area (Å²) in [5.74, 6) is 0.456. The summed E-state index contributed by atoms with van der Waals surface area (Å²) in [6.45, 7) is 3.71. The molecule has 2 aromatic carbocycles. The summed E-state index contributed by atoms with van der Waals surface area (Å²) in [5, 5.41) is 0. The maximum Gasteiger partial charge on any atom is 0.231 e. The van der Waals surface area contributed by atoms with Gasteiger partial charge in [-0.15, -0.1) is 0 Å². The van der Waals surface area contributed by atoms with Crippen LogP contribution in [-0.2, 0) is 17.8 Å². The second kappa shape index (κ2) is 6.78. The van der Waals surface area contributed by atoms with Gasteiger partial charge in [0.25, 0.3) is 0 Å². The van der Waals surface area contributed by atoms with E-state index in [1.807, 2.05) is 17.0 Å². The van der Waals surface area contributed by atoms with E-state index < -0.39 is 0 Å². The molecule has 1 amide bonds. The van der Waals surface area contributed by atoms with Crippen LogP contribution in [-0.4, -0.2) is 30.4 Å². The lowest BCUT2D eigenvalue weighted by Gasteiger charge is -2.31. The zero-order valence-electron chi connectivity index (χ0n) is 14.0. The molecule has 24 heavy (non-hydrogen) atoms. The van der Waals surface area contributed by atoms with Gasteiger partial charge in [-0.05, 0) is 43.0 Å². The Kier molecular flexibility index (Phi) is 4.35. The molecule has 1 fully saturated rings. The van der Waals surface area contributed by atoms with Gasteiger partial charge >= 0.3 is 0 Å². The van der Waals surface area contributed by atoms with Crippen molar-refractivity contribution in [2.75, 3.05) is 24.5 Å². The average Bonchev–Trinajstić information content (AvgIpc) is 3.10. The summed E-state index contributed by atoms with van der Waals surface area (Å²) in [7, 11) is 0. The number of rotatable bonds is 3. The maximum atomic E-state index is 13.1. The molecule has 3 nitrogen and oxygen atoms in total. The number of hydrogen-bond acceptors (Lipinski definition) is 2. The number of aryl methyl sites for hydroxylation is 1. The molecule has 1 unspecified atom stereocenters. The largest absolute Gasteiger partial charge is 0.312 e. The summed E-state index contributed by atoms with van der Waals surface area (Å²) in [6.07, 6.45) is 3.14. The van der Waals surface area contributed by atoms with Crippen molar-refractivity contribution < 1.29 is 4.79 Å². The molecule has 124 valence electrons. The highest BCUT2D eigenvalue weighted by Crippen LogP contribution is 2.30. The minimum absolute atomic E-state index is 0.139. The Hall–Kier alpha value is -2.13. The number of para-hydroxylation sites is 1. The summed E-state index contributed by atoms with van der Waals surface area (Å²) < 4.78 is 0. The average molecular weight is 320 g/mol. The SMILES string of the molecule is O=C(C1CCN(Cc2ccccc2)C1)N1CCCc2ccccc21. The molecule has 2 heterocycles. The molecular formula is C21H24N2O. The van der Waals surface area contributed by atoms with E-state index in [-0.39, 0.29) is 5.92 Å². The van der Waals surface area contributed by atoms with Crippen molar-refractivity contribution in [1.82, 2.24) is 4.90 Å². The topological polar surface area (TPSA) is 23.6 Å². The summed E-state index contributed by atoms with van der Waals surface area (Å²) in [6, 6.07) is 18.9. The molecule has 0 saturated carbocycles. The molecule has 0 aromatic heterocycles. The third kappa shape index (κ3) is 3.09. The molecule has 0 radical (unpaired) electrons. The van der Waals surface area contributed by atoms with Crippen LogP contribution in [0.25, 0.3) is 0 Å². The molecule has 0 N–H and O–H groups in total. The van der Waals surface area contributed by atoms with Gasteiger partial charge in [0.2, 0.25) is 5.91 Å². The van der Waals surface area contributed by atoms with E-state index in [2.05, 4.69) is 47.4 Å². The molecule has 0 aliphatic carbocycles. The second-order valence-corrected chi connectivity index (χ2v) is 6.93. The Morgan fingerprint density at radius 2 is 1.79 bits per heavy atom. The minimum atomic E-state index is 0.139. The van der Waals surface area contributed by atoms with E-state index in [0.717, 1.165) is 51.1 Å². The highest BCUT2D eigenvalue weighted by atomic mass is 16.2. The summed E-state index contributed by atoms with van der Waals surface area (Å²) >= 11 is 0. The summed E-state index contributed by atoms with van der Waals surface area (Å²) in [4.78, 5) is 17.5. The van der Waals surface area contributed by atoms with Crippen LogP contribution in [0.2, 0.25) is 0 Å². The number of amides is 1. The summed E-state index contributed by atoms with van der Waals surface area (Å²) in [5.41, 5.74) is 3.78. The quantitative estimate of drug-likeness (QED) is 0.864. The van der Waals surface area contributed by atoms with Gasteiger partial charge in [0.05, 0.1) is 5.92 Å². The molecule has 1 atom stereocenters. The van der Waals surface area contributed by atoms with Crippen LogP contribution < -0.4 is 4.90 Å². The molecule has 1 saturated heterocycles. The van der Waals surface area contributed by atoms with Crippen molar-refractivity contribution >= 4 is 11.6 Å². The van der Waals surface area contributed by atoms with Crippen molar-refractivity contribution in [3.63, 3.8) is 0 Å². The van der Waals surface area contributed by atoms with E-state index in [9.17, 15) is 4.79 Å². The zero-order valence-corrected chi connectivity index (χ0v) is 14.0. The molecule has 3 heteroatoms. The van der Waals surface area contributed by atoms with Crippen molar-refractivity contribution in [3.05, 3.63) is 65.7 Å². The minimum Gasteiger partial charge on any atom is -0.312 e. The van der Waals surface area contributed by atoms with E-state index in [1.54, 1.807) is 0 Å². The third-order valence-electron chi connectivity index (χ3n) is 5.25. The predicted molar refractivity (Wildman–Crippen MR) is 96.9 cm³/mol. The first-order valence-electron chi connectivity index (χ1n) is 8.97. The van der Waals surface area contributed by atoms with Crippen LogP contribution in [0.15, 0.2) is 54.6 Å². The zero-order chi connectivity index (χ0) is 16.4. The fourth-order valence-corrected chi connectivity index (χ4v) is 4.00. The number of likely N-dealkylation sites (tertiary alicyclic amines) is 1. The van der Waals surface area contributed by atoms with Crippen molar-refractivity contribution in [2.24, 2.45) is 5.92 Å². The lowest BCUT2D eigenvalue weighted by atomic mass is 9.99. The van der Waals surface area contributed by atoms with Gasteiger partial charge in [-0.3, -0.25) is 9.69 Å². The highest BCUT2D eigenvalue weighted by molar-refractivity contribution is 5.96. The first-order valence-corrected chi connectivity index (χ1v) is 8.97. The van der Waals surface area contributed by atoms with Gasteiger partial charge in [-0.25, -0.2) is 0 Å². The van der Waals surface area contributed by atoms with Crippen LogP contribution in [0.1, 0.15) is 24.0 Å². The van der Waals surface area contributed by atoms with Crippen LogP contribution in [0.4, 0.5) is 5.69 Å². The van der Waals surface area contributed by atoms with Gasteiger partial charge in [0.15, 0.2) is 0 Å². The molecule has 2 aliphatic heterocycles. The number of nitrogens with zero attached hydrogens (tertiary/aromatic N) is 2. The highest BCUT2D eigenvalue weighted by Gasteiger charge is 2.33. The molecule has 2 aliphatic rings. The van der Waals surface area contributed by atoms with Gasteiger partial charge in [-0.1, -0.05) is 48.5 Å². The number of carbonyl (C=O) groups excluding carboxylic acids is 1. The predicted octanol–water partition coefficient (Wildman–Crippen LogP) is 3.49. The monoisotopic (exact) mass is 320 g/mol. The van der Waals surface area contributed by atoms with Crippen LogP contribution >= 0.6 is 0 Å². The number of carbonyl (C=O) groups is 1. The van der Waals surface area contributed by atoms with Gasteiger partial charge in [0.1, 0.15) is 0 Å². The molecule has 4 rings (SSSR count). The Labute approximate surface area is 143 Å². The van der Waals surface area contributed by atoms with Crippen molar-refractivity contribution in [3.8, 4) is 0 Å². The number of hydrogen-bond donors (Lipinski definition) is 0. The molecule has 2 aromatic rings. The van der Waals surface area contributed by atoms with Crippen molar-refractivity contribution in [1.29, 1.82) is 0 Å². The maximum absolute atomic E-state index is 13.1. The Bertz CT molecular complexity index is 713. The second-order valence-electron chi connectivity index (χ2n) is 6.93. The number of anilines is 1. The van der Waals surface area contributed by atoms with Crippen LogP contribution in [0, 0.1) is 5.92 Å². The van der Waals surface area contributed by atoms with Gasteiger partial charge in [-0.2, -0.15) is 0 Å². The van der Waals surface area contributed by atoms with Crippen LogP contribution in [0.5, 0.6) is 0 Å². The first kappa shape index (κ1) is 15.4. The standard InChI is InChI=1S/C21H24N2O/c24-21(23-13-6-10-18-9-4-5-11-20(18)23)19-12-14-22(16-19)15-17-7-2-1-3-8-17/h1-5,7-9,11,19H,6,10,12-16H2. The number of fused-ring (bicyclic) bond motifs is 1. The first-order chi connectivity index (χ1) is 11.8. The van der Waals surface area contributed by atoms with Gasteiger partial charge < -0.3 is 4.90 Å². The Morgan fingerprint density at radius 1 is 1.00 bits per heavy atom. The lowest BCUT2D eigenvalue weighted by Crippen LogP contribution is -2.40. The normalized spacial score (nSPS) is 20.8. The molecular weight excluding hydrogens is 296 g/mol.